The molecule has 2 amide bonds. The SMILES string of the molecule is CCc1cccc(Cl)c1NC(=O)NC(=N)N1CCCC1. The number of guanidine groups is 1. The first-order valence-corrected chi connectivity index (χ1v) is 7.18. The number of aryl methyl sites for hydroxylation is 1. The Morgan fingerprint density at radius 1 is 1.40 bits per heavy atom. The van der Waals surface area contributed by atoms with E-state index in [1.807, 2.05) is 24.0 Å². The van der Waals surface area contributed by atoms with Gasteiger partial charge in [0, 0.05) is 13.1 Å². The minimum Gasteiger partial charge on any atom is -0.343 e. The highest BCUT2D eigenvalue weighted by molar-refractivity contribution is 6.34. The van der Waals surface area contributed by atoms with E-state index >= 15 is 0 Å². The molecule has 5 nitrogen and oxygen atoms in total. The van der Waals surface area contributed by atoms with Crippen molar-refractivity contribution in [2.24, 2.45) is 0 Å². The van der Waals surface area contributed by atoms with Crippen molar-refractivity contribution >= 4 is 29.3 Å². The number of nitrogens with zero attached hydrogens (tertiary/aromatic N) is 1. The minimum absolute atomic E-state index is 0.144. The molecule has 1 aromatic carbocycles. The zero-order chi connectivity index (χ0) is 14.5. The van der Waals surface area contributed by atoms with E-state index in [2.05, 4.69) is 10.6 Å². The molecule has 0 unspecified atom stereocenters. The number of anilines is 1. The van der Waals surface area contributed by atoms with E-state index in [1.165, 1.54) is 0 Å². The maximum atomic E-state index is 12.0. The molecule has 1 aliphatic heterocycles. The molecule has 1 fully saturated rings. The third-order valence-corrected chi connectivity index (χ3v) is 3.69. The van der Waals surface area contributed by atoms with Crippen LogP contribution < -0.4 is 10.6 Å². The molecule has 0 atom stereocenters. The highest BCUT2D eigenvalue weighted by Gasteiger charge is 2.17. The Morgan fingerprint density at radius 3 is 2.75 bits per heavy atom. The predicted octanol–water partition coefficient (Wildman–Crippen LogP) is 3.05. The van der Waals surface area contributed by atoms with Gasteiger partial charge in [0.25, 0.3) is 0 Å². The van der Waals surface area contributed by atoms with Crippen LogP contribution in [0.15, 0.2) is 18.2 Å². The predicted molar refractivity (Wildman–Crippen MR) is 81.5 cm³/mol. The third-order valence-electron chi connectivity index (χ3n) is 3.37. The van der Waals surface area contributed by atoms with Gasteiger partial charge in [-0.2, -0.15) is 0 Å². The van der Waals surface area contributed by atoms with Crippen molar-refractivity contribution in [1.29, 1.82) is 5.41 Å². The average Bonchev–Trinajstić information content (AvgIpc) is 2.95. The fourth-order valence-corrected chi connectivity index (χ4v) is 2.52. The molecule has 0 saturated carbocycles. The number of benzene rings is 1. The van der Waals surface area contributed by atoms with E-state index in [0.717, 1.165) is 37.9 Å². The maximum absolute atomic E-state index is 12.0. The monoisotopic (exact) mass is 294 g/mol. The van der Waals surface area contributed by atoms with E-state index in [4.69, 9.17) is 17.0 Å². The van der Waals surface area contributed by atoms with Gasteiger partial charge in [0.15, 0.2) is 5.96 Å². The van der Waals surface area contributed by atoms with Gasteiger partial charge in [-0.15, -0.1) is 0 Å². The van der Waals surface area contributed by atoms with Gasteiger partial charge in [-0.3, -0.25) is 10.7 Å². The van der Waals surface area contributed by atoms with Crippen LogP contribution in [0.5, 0.6) is 0 Å². The molecule has 0 radical (unpaired) electrons. The van der Waals surface area contributed by atoms with Gasteiger partial charge in [-0.1, -0.05) is 30.7 Å². The lowest BCUT2D eigenvalue weighted by Crippen LogP contribution is -2.43. The number of rotatable bonds is 2. The second-order valence-electron chi connectivity index (χ2n) is 4.75. The Kier molecular flexibility index (Phi) is 4.84. The molecule has 0 aromatic heterocycles. The normalized spacial score (nSPS) is 14.2. The Hall–Kier alpha value is -1.75. The van der Waals surface area contributed by atoms with Crippen LogP contribution in [0.2, 0.25) is 5.02 Å². The first-order chi connectivity index (χ1) is 9.61. The third kappa shape index (κ3) is 3.42. The molecule has 108 valence electrons. The van der Waals surface area contributed by atoms with Crippen LogP contribution >= 0.6 is 11.6 Å². The number of para-hydroxylation sites is 1. The van der Waals surface area contributed by atoms with Gasteiger partial charge in [0.05, 0.1) is 10.7 Å². The second kappa shape index (κ2) is 6.61. The summed E-state index contributed by atoms with van der Waals surface area (Å²) in [4.78, 5) is 13.8. The Morgan fingerprint density at radius 2 is 2.10 bits per heavy atom. The van der Waals surface area contributed by atoms with Gasteiger partial charge < -0.3 is 10.2 Å². The molecule has 0 spiro atoms. The minimum atomic E-state index is -0.426. The number of amides is 2. The summed E-state index contributed by atoms with van der Waals surface area (Å²) in [5, 5.41) is 13.6. The molecule has 1 saturated heterocycles. The van der Waals surface area contributed by atoms with Crippen molar-refractivity contribution in [3.8, 4) is 0 Å². The highest BCUT2D eigenvalue weighted by atomic mass is 35.5. The maximum Gasteiger partial charge on any atom is 0.326 e. The van der Waals surface area contributed by atoms with Crippen LogP contribution in [0.1, 0.15) is 25.3 Å². The van der Waals surface area contributed by atoms with Crippen molar-refractivity contribution in [3.05, 3.63) is 28.8 Å². The van der Waals surface area contributed by atoms with Crippen LogP contribution in [-0.2, 0) is 6.42 Å². The van der Waals surface area contributed by atoms with Gasteiger partial charge in [0.2, 0.25) is 0 Å². The van der Waals surface area contributed by atoms with Crippen molar-refractivity contribution in [1.82, 2.24) is 10.2 Å². The van der Waals surface area contributed by atoms with E-state index in [0.29, 0.717) is 10.7 Å². The van der Waals surface area contributed by atoms with Gasteiger partial charge in [-0.25, -0.2) is 4.79 Å². The fourth-order valence-electron chi connectivity index (χ4n) is 2.28. The van der Waals surface area contributed by atoms with Crippen molar-refractivity contribution in [2.75, 3.05) is 18.4 Å². The van der Waals surface area contributed by atoms with Crippen LogP contribution in [-0.4, -0.2) is 30.0 Å². The van der Waals surface area contributed by atoms with E-state index in [9.17, 15) is 4.79 Å². The van der Waals surface area contributed by atoms with E-state index in [-0.39, 0.29) is 5.96 Å². The molecule has 0 bridgehead atoms. The topological polar surface area (TPSA) is 68.2 Å². The number of carbonyl (C=O) groups excluding carboxylic acids is 1. The summed E-state index contributed by atoms with van der Waals surface area (Å²) < 4.78 is 0. The van der Waals surface area contributed by atoms with Gasteiger partial charge in [-0.05, 0) is 30.9 Å². The molecular formula is C14H19ClN4O. The molecule has 1 aromatic rings. The summed E-state index contributed by atoms with van der Waals surface area (Å²) in [6, 6.07) is 5.09. The van der Waals surface area contributed by atoms with Crippen LogP contribution in [0.4, 0.5) is 10.5 Å². The first kappa shape index (κ1) is 14.7. The summed E-state index contributed by atoms with van der Waals surface area (Å²) in [6.45, 7) is 3.65. The molecule has 2 rings (SSSR count). The van der Waals surface area contributed by atoms with Crippen LogP contribution in [0, 0.1) is 5.41 Å². The summed E-state index contributed by atoms with van der Waals surface area (Å²) in [6.07, 6.45) is 2.91. The standard InChI is InChI=1S/C14H19ClN4O/c1-2-10-6-5-7-11(15)12(10)17-14(20)18-13(16)19-8-3-4-9-19/h5-7H,2-4,8-9H2,1H3,(H3,16,17,18,20). The Bertz CT molecular complexity index is 512. The number of hydrogen-bond donors (Lipinski definition) is 3. The lowest BCUT2D eigenvalue weighted by atomic mass is 10.1. The zero-order valence-corrected chi connectivity index (χ0v) is 12.3. The number of hydrogen-bond acceptors (Lipinski definition) is 2. The fraction of sp³-hybridized carbons (Fsp3) is 0.429. The van der Waals surface area contributed by atoms with Crippen molar-refractivity contribution in [3.63, 3.8) is 0 Å². The molecular weight excluding hydrogens is 276 g/mol. The van der Waals surface area contributed by atoms with E-state index in [1.54, 1.807) is 6.07 Å². The van der Waals surface area contributed by atoms with Crippen molar-refractivity contribution in [2.45, 2.75) is 26.2 Å². The van der Waals surface area contributed by atoms with Gasteiger partial charge >= 0.3 is 6.03 Å². The largest absolute Gasteiger partial charge is 0.343 e. The van der Waals surface area contributed by atoms with E-state index < -0.39 is 6.03 Å². The number of halogens is 1. The lowest BCUT2D eigenvalue weighted by Gasteiger charge is -2.19. The summed E-state index contributed by atoms with van der Waals surface area (Å²) >= 11 is 6.11. The first-order valence-electron chi connectivity index (χ1n) is 6.80. The Balaban J connectivity index is 1.99. The van der Waals surface area contributed by atoms with Crippen molar-refractivity contribution < 1.29 is 4.79 Å². The Labute approximate surface area is 123 Å². The second-order valence-corrected chi connectivity index (χ2v) is 5.16. The molecule has 3 N–H and O–H groups in total. The highest BCUT2D eigenvalue weighted by Crippen LogP contribution is 2.26. The molecule has 0 aliphatic carbocycles. The number of carbonyl (C=O) groups is 1. The summed E-state index contributed by atoms with van der Waals surface area (Å²) in [5.74, 6) is 0.144. The van der Waals surface area contributed by atoms with Crippen LogP contribution in [0.25, 0.3) is 0 Å². The summed E-state index contributed by atoms with van der Waals surface area (Å²) in [7, 11) is 0. The number of likely N-dealkylation sites (tertiary alicyclic amines) is 1. The van der Waals surface area contributed by atoms with Gasteiger partial charge in [0.1, 0.15) is 0 Å². The molecule has 20 heavy (non-hydrogen) atoms. The number of urea groups is 1. The molecule has 6 heteroatoms. The quantitative estimate of drug-likeness (QED) is 0.579. The summed E-state index contributed by atoms with van der Waals surface area (Å²) in [5.41, 5.74) is 1.59. The zero-order valence-electron chi connectivity index (χ0n) is 11.5. The number of nitrogens with one attached hydrogen (secondary N) is 3. The molecule has 1 heterocycles. The van der Waals surface area contributed by atoms with Crippen LogP contribution in [0.3, 0.4) is 0 Å². The lowest BCUT2D eigenvalue weighted by molar-refractivity contribution is 0.255. The smallest absolute Gasteiger partial charge is 0.326 e. The molecule has 1 aliphatic rings. The average molecular weight is 295 g/mol.